The molecule has 0 radical (unpaired) electrons. The third-order valence-electron chi connectivity index (χ3n) is 4.42. The van der Waals surface area contributed by atoms with Crippen LogP contribution in [0.4, 0.5) is 0 Å². The quantitative estimate of drug-likeness (QED) is 0.833. The third kappa shape index (κ3) is 2.31. The fraction of sp³-hybridized carbons (Fsp3) is 0.312. The van der Waals surface area contributed by atoms with Crippen LogP contribution in [0.1, 0.15) is 17.5 Å². The molecule has 23 heavy (non-hydrogen) atoms. The summed E-state index contributed by atoms with van der Waals surface area (Å²) in [7, 11) is -3.20. The average molecular weight is 331 g/mol. The molecule has 1 aromatic heterocycles. The van der Waals surface area contributed by atoms with Crippen molar-refractivity contribution in [3.8, 4) is 0 Å². The van der Waals surface area contributed by atoms with Gasteiger partial charge in [0.05, 0.1) is 17.3 Å². The maximum Gasteiger partial charge on any atom is 0.257 e. The van der Waals surface area contributed by atoms with Crippen LogP contribution in [0.2, 0.25) is 0 Å². The van der Waals surface area contributed by atoms with E-state index in [2.05, 4.69) is 10.3 Å². The summed E-state index contributed by atoms with van der Waals surface area (Å²) in [5, 5.41) is 3.33. The minimum atomic E-state index is -3.20. The van der Waals surface area contributed by atoms with Crippen LogP contribution in [-0.4, -0.2) is 43.0 Å². The lowest BCUT2D eigenvalue weighted by molar-refractivity contribution is 0.391. The van der Waals surface area contributed by atoms with Gasteiger partial charge in [0.15, 0.2) is 9.84 Å². The number of rotatable bonds is 2. The van der Waals surface area contributed by atoms with Crippen LogP contribution in [0.5, 0.6) is 0 Å². The molecule has 0 saturated heterocycles. The van der Waals surface area contributed by atoms with Crippen LogP contribution in [-0.2, 0) is 9.84 Å². The fourth-order valence-electron chi connectivity index (χ4n) is 3.55. The number of hydrogen-bond acceptors (Lipinski definition) is 5. The number of hydrogen-bond donors (Lipinski definition) is 2. The van der Waals surface area contributed by atoms with E-state index in [4.69, 9.17) is 0 Å². The Balaban J connectivity index is 2.00. The van der Waals surface area contributed by atoms with Gasteiger partial charge in [-0.3, -0.25) is 4.79 Å². The zero-order valence-electron chi connectivity index (χ0n) is 12.7. The molecule has 2 N–H and O–H groups in total. The molecule has 0 spiro atoms. The van der Waals surface area contributed by atoms with E-state index in [0.717, 1.165) is 28.8 Å². The van der Waals surface area contributed by atoms with Crippen LogP contribution < -0.4 is 10.9 Å². The Hall–Kier alpha value is -2.28. The van der Waals surface area contributed by atoms with Crippen molar-refractivity contribution in [3.05, 3.63) is 57.2 Å². The first kappa shape index (κ1) is 14.3. The van der Waals surface area contributed by atoms with Crippen molar-refractivity contribution < 1.29 is 8.42 Å². The summed E-state index contributed by atoms with van der Waals surface area (Å²) in [5.74, 6) is -0.0837. The van der Waals surface area contributed by atoms with Crippen LogP contribution in [0.15, 0.2) is 40.5 Å². The monoisotopic (exact) mass is 331 g/mol. The van der Waals surface area contributed by atoms with Crippen molar-refractivity contribution in [1.29, 1.82) is 0 Å². The van der Waals surface area contributed by atoms with Gasteiger partial charge in [0.2, 0.25) is 0 Å². The zero-order valence-corrected chi connectivity index (χ0v) is 13.5. The lowest BCUT2D eigenvalue weighted by atomic mass is 9.91. The van der Waals surface area contributed by atoms with Gasteiger partial charge in [-0.25, -0.2) is 8.42 Å². The second-order valence-electron chi connectivity index (χ2n) is 6.16. The Bertz CT molecular complexity index is 938. The van der Waals surface area contributed by atoms with Crippen molar-refractivity contribution >= 4 is 21.6 Å². The number of fused-ring (bicyclic) bond motifs is 2. The molecule has 6 nitrogen and oxygen atoms in total. The predicted molar refractivity (Wildman–Crippen MR) is 89.1 cm³/mol. The van der Waals surface area contributed by atoms with Gasteiger partial charge in [-0.1, -0.05) is 12.2 Å². The average Bonchev–Trinajstić information content (AvgIpc) is 2.79. The normalized spacial score (nSPS) is 22.2. The maximum absolute atomic E-state index is 12.5. The molecule has 0 bridgehead atoms. The fourth-order valence-corrected chi connectivity index (χ4v) is 4.37. The van der Waals surface area contributed by atoms with E-state index >= 15 is 0 Å². The van der Waals surface area contributed by atoms with Gasteiger partial charge < -0.3 is 15.2 Å². The molecule has 0 amide bonds. The highest BCUT2D eigenvalue weighted by atomic mass is 32.2. The van der Waals surface area contributed by atoms with Gasteiger partial charge in [-0.05, 0) is 23.6 Å². The van der Waals surface area contributed by atoms with E-state index in [-0.39, 0.29) is 17.5 Å². The standard InChI is InChI=1S/C16H17N3O3S/c1-23(21,22)9-19-7-5-12-13-11(8-18-12)3-2-10-4-6-17-16(20)14(10)15(13)19/h2-4,6,8,12,18H,5,7,9H2,1H3,(H,17,20). The molecule has 1 aliphatic carbocycles. The molecule has 0 aromatic carbocycles. The van der Waals surface area contributed by atoms with Crippen LogP contribution >= 0.6 is 0 Å². The number of sulfone groups is 1. The van der Waals surface area contributed by atoms with E-state index in [9.17, 15) is 13.2 Å². The van der Waals surface area contributed by atoms with E-state index in [1.807, 2.05) is 29.3 Å². The third-order valence-corrected chi connectivity index (χ3v) is 5.20. The SMILES string of the molecule is CS(=O)(=O)CN1CCC2NC=C3C=Cc4cc[nH]c(=O)c4C1=C32. The minimum Gasteiger partial charge on any atom is -0.383 e. The molecule has 3 aliphatic rings. The molecular formula is C16H17N3O3S. The molecule has 1 aromatic rings. The zero-order chi connectivity index (χ0) is 16.2. The van der Waals surface area contributed by atoms with E-state index in [1.54, 1.807) is 6.20 Å². The smallest absolute Gasteiger partial charge is 0.257 e. The van der Waals surface area contributed by atoms with E-state index in [0.29, 0.717) is 12.1 Å². The van der Waals surface area contributed by atoms with Crippen LogP contribution in [0.25, 0.3) is 11.8 Å². The van der Waals surface area contributed by atoms with Crippen molar-refractivity contribution in [3.63, 3.8) is 0 Å². The molecule has 7 heteroatoms. The summed E-state index contributed by atoms with van der Waals surface area (Å²) >= 11 is 0. The summed E-state index contributed by atoms with van der Waals surface area (Å²) in [6.07, 6.45) is 9.49. The van der Waals surface area contributed by atoms with Crippen LogP contribution in [0, 0.1) is 0 Å². The highest BCUT2D eigenvalue weighted by molar-refractivity contribution is 7.90. The number of aromatic nitrogens is 1. The Morgan fingerprint density at radius 1 is 1.35 bits per heavy atom. The Morgan fingerprint density at radius 2 is 2.17 bits per heavy atom. The van der Waals surface area contributed by atoms with E-state index in [1.165, 1.54) is 6.26 Å². The Morgan fingerprint density at radius 3 is 2.96 bits per heavy atom. The molecule has 2 aliphatic heterocycles. The molecule has 0 fully saturated rings. The second kappa shape index (κ2) is 4.86. The van der Waals surface area contributed by atoms with Gasteiger partial charge in [-0.15, -0.1) is 0 Å². The largest absolute Gasteiger partial charge is 0.383 e. The van der Waals surface area contributed by atoms with Gasteiger partial charge in [0.25, 0.3) is 5.56 Å². The van der Waals surface area contributed by atoms with Gasteiger partial charge >= 0.3 is 0 Å². The molecule has 1 unspecified atom stereocenters. The molecule has 4 rings (SSSR count). The first-order valence-electron chi connectivity index (χ1n) is 7.47. The van der Waals surface area contributed by atoms with Crippen molar-refractivity contribution in [2.75, 3.05) is 18.7 Å². The van der Waals surface area contributed by atoms with Crippen molar-refractivity contribution in [2.24, 2.45) is 0 Å². The number of pyridine rings is 1. The molecule has 120 valence electrons. The second-order valence-corrected chi connectivity index (χ2v) is 8.27. The molecule has 3 heterocycles. The maximum atomic E-state index is 12.5. The molecule has 0 saturated carbocycles. The van der Waals surface area contributed by atoms with Gasteiger partial charge in [0, 0.05) is 30.8 Å². The number of nitrogens with one attached hydrogen (secondary N) is 2. The first-order chi connectivity index (χ1) is 10.9. The first-order valence-corrected chi connectivity index (χ1v) is 9.54. The summed E-state index contributed by atoms with van der Waals surface area (Å²) in [6.45, 7) is 0.596. The summed E-state index contributed by atoms with van der Waals surface area (Å²) < 4.78 is 23.7. The lowest BCUT2D eigenvalue weighted by Crippen LogP contribution is -2.40. The highest BCUT2D eigenvalue weighted by Gasteiger charge is 2.36. The summed E-state index contributed by atoms with van der Waals surface area (Å²) in [6, 6.07) is 1.98. The molecular weight excluding hydrogens is 314 g/mol. The summed E-state index contributed by atoms with van der Waals surface area (Å²) in [5.41, 5.74) is 3.95. The predicted octanol–water partition coefficient (Wildman–Crippen LogP) is 0.676. The molecule has 1 atom stereocenters. The Labute approximate surface area is 134 Å². The number of aromatic amines is 1. The lowest BCUT2D eigenvalue weighted by Gasteiger charge is -2.35. The van der Waals surface area contributed by atoms with Crippen molar-refractivity contribution in [1.82, 2.24) is 15.2 Å². The highest BCUT2D eigenvalue weighted by Crippen LogP contribution is 2.40. The van der Waals surface area contributed by atoms with Gasteiger partial charge in [0.1, 0.15) is 5.88 Å². The van der Waals surface area contributed by atoms with Crippen molar-refractivity contribution in [2.45, 2.75) is 12.5 Å². The van der Waals surface area contributed by atoms with E-state index < -0.39 is 9.84 Å². The minimum absolute atomic E-state index is 0.0837. The number of H-pyrrole nitrogens is 1. The number of allylic oxidation sites excluding steroid dienone is 1. The number of nitrogens with zero attached hydrogens (tertiary/aromatic N) is 1. The van der Waals surface area contributed by atoms with Gasteiger partial charge in [-0.2, -0.15) is 0 Å². The Kier molecular flexibility index (Phi) is 3.02. The van der Waals surface area contributed by atoms with Crippen LogP contribution in [0.3, 0.4) is 0 Å². The summed E-state index contributed by atoms with van der Waals surface area (Å²) in [4.78, 5) is 17.0. The topological polar surface area (TPSA) is 82.3 Å².